The second-order valence-electron chi connectivity index (χ2n) is 5.97. The Bertz CT molecular complexity index is 289. The van der Waals surface area contributed by atoms with Gasteiger partial charge in [-0.15, -0.1) is 0 Å². The Hall–Kier alpha value is -0.610. The van der Waals surface area contributed by atoms with Gasteiger partial charge in [0.2, 0.25) is 5.91 Å². The summed E-state index contributed by atoms with van der Waals surface area (Å²) in [5.74, 6) is 0.857. The summed E-state index contributed by atoms with van der Waals surface area (Å²) in [6.45, 7) is 6.94. The summed E-state index contributed by atoms with van der Waals surface area (Å²) in [4.78, 5) is 17.0. The van der Waals surface area contributed by atoms with Gasteiger partial charge in [-0.3, -0.25) is 4.79 Å². The average molecular weight is 267 g/mol. The van der Waals surface area contributed by atoms with Crippen molar-refractivity contribution in [2.45, 2.75) is 51.5 Å². The Morgan fingerprint density at radius 3 is 2.63 bits per heavy atom. The molecule has 19 heavy (non-hydrogen) atoms. The minimum Gasteiger partial charge on any atom is -0.340 e. The highest BCUT2D eigenvalue weighted by molar-refractivity contribution is 5.76. The Labute approximate surface area is 117 Å². The molecule has 1 amide bonds. The number of amides is 1. The largest absolute Gasteiger partial charge is 0.340 e. The quantitative estimate of drug-likeness (QED) is 0.792. The smallest absolute Gasteiger partial charge is 0.224 e. The van der Waals surface area contributed by atoms with E-state index in [9.17, 15) is 4.79 Å². The van der Waals surface area contributed by atoms with Crippen LogP contribution in [0.4, 0.5) is 0 Å². The number of hydrogen-bond donors (Lipinski definition) is 1. The topological polar surface area (TPSA) is 49.6 Å². The van der Waals surface area contributed by atoms with Gasteiger partial charge in [0.1, 0.15) is 0 Å². The van der Waals surface area contributed by atoms with Crippen LogP contribution in [0.15, 0.2) is 0 Å². The molecular weight excluding hydrogens is 238 g/mol. The predicted octanol–water partition coefficient (Wildman–Crippen LogP) is 1.45. The third-order valence-corrected chi connectivity index (χ3v) is 4.82. The van der Waals surface area contributed by atoms with Gasteiger partial charge < -0.3 is 15.5 Å². The molecule has 0 spiro atoms. The predicted molar refractivity (Wildman–Crippen MR) is 77.9 cm³/mol. The first-order valence-corrected chi connectivity index (χ1v) is 7.98. The molecule has 2 fully saturated rings. The van der Waals surface area contributed by atoms with E-state index in [0.717, 1.165) is 26.1 Å². The SMILES string of the molecule is CCN(C(=O)CCN1CCCC1)C1CCCC1CN. The fourth-order valence-corrected chi connectivity index (χ4v) is 3.70. The summed E-state index contributed by atoms with van der Waals surface area (Å²) in [6, 6.07) is 0.404. The first-order valence-electron chi connectivity index (χ1n) is 7.98. The second-order valence-corrected chi connectivity index (χ2v) is 5.97. The van der Waals surface area contributed by atoms with Crippen molar-refractivity contribution in [1.29, 1.82) is 0 Å². The molecule has 1 saturated heterocycles. The Morgan fingerprint density at radius 1 is 1.26 bits per heavy atom. The van der Waals surface area contributed by atoms with Crippen molar-refractivity contribution in [2.24, 2.45) is 11.7 Å². The maximum absolute atomic E-state index is 12.4. The molecule has 0 aromatic carbocycles. The molecular formula is C15H29N3O. The third-order valence-electron chi connectivity index (χ3n) is 4.82. The van der Waals surface area contributed by atoms with Crippen LogP contribution in [-0.4, -0.2) is 54.5 Å². The van der Waals surface area contributed by atoms with Gasteiger partial charge in [0.05, 0.1) is 0 Å². The molecule has 1 heterocycles. The van der Waals surface area contributed by atoms with Crippen LogP contribution in [0.2, 0.25) is 0 Å². The van der Waals surface area contributed by atoms with Crippen molar-refractivity contribution in [3.63, 3.8) is 0 Å². The lowest BCUT2D eigenvalue weighted by atomic mass is 10.0. The number of carbonyl (C=O) groups excluding carboxylic acids is 1. The number of nitrogens with zero attached hydrogens (tertiary/aromatic N) is 2. The molecule has 110 valence electrons. The van der Waals surface area contributed by atoms with Crippen molar-refractivity contribution in [3.8, 4) is 0 Å². The van der Waals surface area contributed by atoms with Crippen LogP contribution in [0.25, 0.3) is 0 Å². The van der Waals surface area contributed by atoms with E-state index in [2.05, 4.69) is 16.7 Å². The van der Waals surface area contributed by atoms with Gasteiger partial charge in [-0.05, 0) is 58.2 Å². The van der Waals surface area contributed by atoms with Crippen LogP contribution >= 0.6 is 0 Å². The van der Waals surface area contributed by atoms with Crippen molar-refractivity contribution in [3.05, 3.63) is 0 Å². The molecule has 2 N–H and O–H groups in total. The molecule has 1 aliphatic carbocycles. The minimum atomic E-state index is 0.333. The number of hydrogen-bond acceptors (Lipinski definition) is 3. The molecule has 0 aromatic rings. The lowest BCUT2D eigenvalue weighted by Crippen LogP contribution is -2.44. The minimum absolute atomic E-state index is 0.333. The normalized spacial score (nSPS) is 27.9. The molecule has 2 atom stereocenters. The van der Waals surface area contributed by atoms with Gasteiger partial charge in [-0.2, -0.15) is 0 Å². The lowest BCUT2D eigenvalue weighted by molar-refractivity contribution is -0.134. The third kappa shape index (κ3) is 3.69. The number of rotatable bonds is 6. The molecule has 4 nitrogen and oxygen atoms in total. The molecule has 1 saturated carbocycles. The zero-order chi connectivity index (χ0) is 13.7. The first-order chi connectivity index (χ1) is 9.26. The van der Waals surface area contributed by atoms with Crippen LogP contribution in [0.1, 0.15) is 45.4 Å². The van der Waals surface area contributed by atoms with Gasteiger partial charge >= 0.3 is 0 Å². The van der Waals surface area contributed by atoms with Gasteiger partial charge in [0.15, 0.2) is 0 Å². The number of likely N-dealkylation sites (tertiary alicyclic amines) is 1. The van der Waals surface area contributed by atoms with E-state index in [0.29, 0.717) is 24.3 Å². The monoisotopic (exact) mass is 267 g/mol. The van der Waals surface area contributed by atoms with Gasteiger partial charge in [0, 0.05) is 25.6 Å². The Morgan fingerprint density at radius 2 is 2.00 bits per heavy atom. The summed E-state index contributed by atoms with van der Waals surface area (Å²) in [5, 5.41) is 0. The van der Waals surface area contributed by atoms with Gasteiger partial charge in [-0.25, -0.2) is 0 Å². The van der Waals surface area contributed by atoms with E-state index in [1.165, 1.54) is 38.8 Å². The van der Waals surface area contributed by atoms with Crippen molar-refractivity contribution < 1.29 is 4.79 Å². The van der Waals surface area contributed by atoms with Gasteiger partial charge in [0.25, 0.3) is 0 Å². The molecule has 0 bridgehead atoms. The summed E-state index contributed by atoms with van der Waals surface area (Å²) in [5.41, 5.74) is 5.84. The fraction of sp³-hybridized carbons (Fsp3) is 0.933. The summed E-state index contributed by atoms with van der Waals surface area (Å²) in [6.07, 6.45) is 6.83. The average Bonchev–Trinajstić information content (AvgIpc) is 3.08. The van der Waals surface area contributed by atoms with Gasteiger partial charge in [-0.1, -0.05) is 6.42 Å². The van der Waals surface area contributed by atoms with E-state index < -0.39 is 0 Å². The molecule has 0 aromatic heterocycles. The van der Waals surface area contributed by atoms with Crippen molar-refractivity contribution >= 4 is 5.91 Å². The Balaban J connectivity index is 1.83. The van der Waals surface area contributed by atoms with Crippen LogP contribution in [0.5, 0.6) is 0 Å². The van der Waals surface area contributed by atoms with Crippen LogP contribution in [-0.2, 0) is 4.79 Å². The lowest BCUT2D eigenvalue weighted by Gasteiger charge is -2.32. The first kappa shape index (κ1) is 14.8. The summed E-state index contributed by atoms with van der Waals surface area (Å²) >= 11 is 0. The van der Waals surface area contributed by atoms with E-state index in [1.807, 2.05) is 0 Å². The zero-order valence-corrected chi connectivity index (χ0v) is 12.3. The van der Waals surface area contributed by atoms with E-state index in [-0.39, 0.29) is 0 Å². The highest BCUT2D eigenvalue weighted by Gasteiger charge is 2.32. The maximum Gasteiger partial charge on any atom is 0.224 e. The molecule has 4 heteroatoms. The molecule has 2 rings (SSSR count). The highest BCUT2D eigenvalue weighted by Crippen LogP contribution is 2.29. The molecule has 2 aliphatic rings. The van der Waals surface area contributed by atoms with Crippen molar-refractivity contribution in [2.75, 3.05) is 32.7 Å². The molecule has 2 unspecified atom stereocenters. The second kappa shape index (κ2) is 7.25. The van der Waals surface area contributed by atoms with E-state index >= 15 is 0 Å². The standard InChI is InChI=1S/C15H29N3O/c1-2-18(14-7-5-6-13(14)12-16)15(19)8-11-17-9-3-4-10-17/h13-14H,2-12,16H2,1H3. The molecule has 1 aliphatic heterocycles. The highest BCUT2D eigenvalue weighted by atomic mass is 16.2. The van der Waals surface area contributed by atoms with Crippen LogP contribution < -0.4 is 5.73 Å². The fourth-order valence-electron chi connectivity index (χ4n) is 3.70. The number of carbonyl (C=O) groups is 1. The summed E-state index contributed by atoms with van der Waals surface area (Å²) in [7, 11) is 0. The van der Waals surface area contributed by atoms with Crippen molar-refractivity contribution in [1.82, 2.24) is 9.80 Å². The summed E-state index contributed by atoms with van der Waals surface area (Å²) < 4.78 is 0. The maximum atomic E-state index is 12.4. The van der Waals surface area contributed by atoms with E-state index in [4.69, 9.17) is 5.73 Å². The number of nitrogens with two attached hydrogens (primary N) is 1. The zero-order valence-electron chi connectivity index (χ0n) is 12.3. The Kier molecular flexibility index (Phi) is 5.64. The van der Waals surface area contributed by atoms with E-state index in [1.54, 1.807) is 0 Å². The molecule has 0 radical (unpaired) electrons. The van der Waals surface area contributed by atoms with Crippen LogP contribution in [0, 0.1) is 5.92 Å². The van der Waals surface area contributed by atoms with Crippen LogP contribution in [0.3, 0.4) is 0 Å².